The summed E-state index contributed by atoms with van der Waals surface area (Å²) in [5.74, 6) is 0. The van der Waals surface area contributed by atoms with Crippen LogP contribution in [0.1, 0.15) is 39.4 Å². The predicted molar refractivity (Wildman–Crippen MR) is 77.8 cm³/mol. The van der Waals surface area contributed by atoms with Gasteiger partial charge in [-0.2, -0.15) is 15.0 Å². The predicted octanol–water partition coefficient (Wildman–Crippen LogP) is 3.02. The Hall–Kier alpha value is -1.68. The molecule has 102 valence electrons. The van der Waals surface area contributed by atoms with Crippen molar-refractivity contribution >= 4 is 0 Å². The van der Waals surface area contributed by atoms with Gasteiger partial charge in [-0.05, 0) is 13.8 Å². The van der Waals surface area contributed by atoms with E-state index in [0.29, 0.717) is 6.04 Å². The largest absolute Gasteiger partial charge is 0.309 e. The highest BCUT2D eigenvalue weighted by molar-refractivity contribution is 5.60. The van der Waals surface area contributed by atoms with Crippen LogP contribution in [0.15, 0.2) is 30.3 Å². The first-order chi connectivity index (χ1) is 9.08. The Labute approximate surface area is 114 Å². The van der Waals surface area contributed by atoms with E-state index in [2.05, 4.69) is 55.3 Å². The molecular formula is C15H22N4. The van der Waals surface area contributed by atoms with Crippen molar-refractivity contribution in [3.8, 4) is 11.3 Å². The first kappa shape index (κ1) is 13.7. The Morgan fingerprint density at radius 1 is 1.05 bits per heavy atom. The topological polar surface area (TPSA) is 42.7 Å². The van der Waals surface area contributed by atoms with Gasteiger partial charge in [-0.3, -0.25) is 0 Å². The quantitative estimate of drug-likeness (QED) is 0.896. The zero-order chi connectivity index (χ0) is 13.8. The lowest BCUT2D eigenvalue weighted by Gasteiger charge is -2.06. The minimum absolute atomic E-state index is 0.273. The second kappa shape index (κ2) is 5.97. The lowest BCUT2D eigenvalue weighted by Crippen LogP contribution is -2.22. The number of rotatable bonds is 5. The van der Waals surface area contributed by atoms with Crippen molar-refractivity contribution in [1.29, 1.82) is 0 Å². The van der Waals surface area contributed by atoms with E-state index >= 15 is 0 Å². The zero-order valence-electron chi connectivity index (χ0n) is 12.1. The van der Waals surface area contributed by atoms with Crippen LogP contribution in [0.5, 0.6) is 0 Å². The minimum atomic E-state index is 0.273. The first-order valence-corrected chi connectivity index (χ1v) is 6.82. The molecule has 19 heavy (non-hydrogen) atoms. The number of hydrogen-bond donors (Lipinski definition) is 1. The number of nitrogens with one attached hydrogen (secondary N) is 1. The molecule has 1 aromatic carbocycles. The number of benzene rings is 1. The van der Waals surface area contributed by atoms with Crippen LogP contribution in [-0.4, -0.2) is 21.0 Å². The Bertz CT molecular complexity index is 514. The van der Waals surface area contributed by atoms with Crippen LogP contribution in [0, 0.1) is 0 Å². The van der Waals surface area contributed by atoms with Crippen LogP contribution in [-0.2, 0) is 6.54 Å². The van der Waals surface area contributed by atoms with Crippen LogP contribution < -0.4 is 5.32 Å². The summed E-state index contributed by atoms with van der Waals surface area (Å²) in [7, 11) is 0. The fraction of sp³-hybridized carbons (Fsp3) is 0.467. The van der Waals surface area contributed by atoms with E-state index in [0.717, 1.165) is 23.5 Å². The van der Waals surface area contributed by atoms with Crippen molar-refractivity contribution in [3.05, 3.63) is 36.0 Å². The molecule has 4 heteroatoms. The van der Waals surface area contributed by atoms with Crippen LogP contribution in [0.4, 0.5) is 0 Å². The molecule has 0 spiro atoms. The van der Waals surface area contributed by atoms with E-state index in [1.165, 1.54) is 0 Å². The van der Waals surface area contributed by atoms with Gasteiger partial charge in [0.05, 0.1) is 6.04 Å². The molecule has 0 fully saturated rings. The molecule has 0 unspecified atom stereocenters. The maximum atomic E-state index is 4.62. The van der Waals surface area contributed by atoms with Crippen molar-refractivity contribution in [2.24, 2.45) is 0 Å². The zero-order valence-corrected chi connectivity index (χ0v) is 12.1. The SMILES string of the molecule is CC(C)NCc1nn(C(C)C)nc1-c1ccccc1. The summed E-state index contributed by atoms with van der Waals surface area (Å²) in [5.41, 5.74) is 3.10. The molecule has 1 aromatic heterocycles. The molecule has 0 radical (unpaired) electrons. The summed E-state index contributed by atoms with van der Waals surface area (Å²) in [6.45, 7) is 9.20. The summed E-state index contributed by atoms with van der Waals surface area (Å²) >= 11 is 0. The van der Waals surface area contributed by atoms with Gasteiger partial charge >= 0.3 is 0 Å². The van der Waals surface area contributed by atoms with E-state index in [1.54, 1.807) is 4.80 Å². The van der Waals surface area contributed by atoms with Gasteiger partial charge in [0.2, 0.25) is 0 Å². The average Bonchev–Trinajstić information content (AvgIpc) is 2.81. The van der Waals surface area contributed by atoms with Crippen LogP contribution in [0.25, 0.3) is 11.3 Å². The van der Waals surface area contributed by atoms with Crippen LogP contribution in [0.3, 0.4) is 0 Å². The second-order valence-electron chi connectivity index (χ2n) is 5.31. The molecule has 0 atom stereocenters. The third-order valence-corrected chi connectivity index (χ3v) is 2.89. The number of aromatic nitrogens is 3. The molecule has 0 aliphatic heterocycles. The highest BCUT2D eigenvalue weighted by Crippen LogP contribution is 2.21. The van der Waals surface area contributed by atoms with Gasteiger partial charge in [0.1, 0.15) is 11.4 Å². The second-order valence-corrected chi connectivity index (χ2v) is 5.31. The van der Waals surface area contributed by atoms with E-state index < -0.39 is 0 Å². The minimum Gasteiger partial charge on any atom is -0.309 e. The molecule has 0 aliphatic rings. The summed E-state index contributed by atoms with van der Waals surface area (Å²) in [4.78, 5) is 1.79. The van der Waals surface area contributed by atoms with Gasteiger partial charge in [-0.25, -0.2) is 0 Å². The van der Waals surface area contributed by atoms with Gasteiger partial charge in [0.15, 0.2) is 0 Å². The van der Waals surface area contributed by atoms with Crippen molar-refractivity contribution < 1.29 is 0 Å². The normalized spacial score (nSPS) is 11.5. The summed E-state index contributed by atoms with van der Waals surface area (Å²) in [5, 5.41) is 12.6. The average molecular weight is 258 g/mol. The van der Waals surface area contributed by atoms with Crippen LogP contribution in [0.2, 0.25) is 0 Å². The fourth-order valence-corrected chi connectivity index (χ4v) is 1.82. The molecule has 0 aliphatic carbocycles. The van der Waals surface area contributed by atoms with E-state index in [-0.39, 0.29) is 6.04 Å². The highest BCUT2D eigenvalue weighted by Gasteiger charge is 2.14. The van der Waals surface area contributed by atoms with Crippen molar-refractivity contribution in [3.63, 3.8) is 0 Å². The third-order valence-electron chi connectivity index (χ3n) is 2.89. The van der Waals surface area contributed by atoms with E-state index in [9.17, 15) is 0 Å². The third kappa shape index (κ3) is 3.41. The molecular weight excluding hydrogens is 236 g/mol. The maximum Gasteiger partial charge on any atom is 0.117 e. The van der Waals surface area contributed by atoms with Gasteiger partial charge in [0.25, 0.3) is 0 Å². The maximum absolute atomic E-state index is 4.62. The van der Waals surface area contributed by atoms with Crippen molar-refractivity contribution in [2.45, 2.75) is 46.3 Å². The molecule has 0 saturated carbocycles. The Balaban J connectivity index is 2.34. The monoisotopic (exact) mass is 258 g/mol. The fourth-order valence-electron chi connectivity index (χ4n) is 1.82. The van der Waals surface area contributed by atoms with E-state index in [4.69, 9.17) is 0 Å². The lowest BCUT2D eigenvalue weighted by atomic mass is 10.1. The molecule has 2 rings (SSSR count). The standard InChI is InChI=1S/C15H22N4/c1-11(2)16-10-14-15(13-8-6-5-7-9-13)18-19(17-14)12(3)4/h5-9,11-12,16H,10H2,1-4H3. The molecule has 0 saturated heterocycles. The smallest absolute Gasteiger partial charge is 0.117 e. The number of nitrogens with zero attached hydrogens (tertiary/aromatic N) is 3. The summed E-state index contributed by atoms with van der Waals surface area (Å²) in [6, 6.07) is 10.9. The van der Waals surface area contributed by atoms with Gasteiger partial charge in [-0.1, -0.05) is 44.2 Å². The summed E-state index contributed by atoms with van der Waals surface area (Å²) in [6.07, 6.45) is 0. The van der Waals surface area contributed by atoms with Gasteiger partial charge in [-0.15, -0.1) is 0 Å². The molecule has 1 N–H and O–H groups in total. The molecule has 2 aromatic rings. The van der Waals surface area contributed by atoms with Gasteiger partial charge in [0, 0.05) is 18.2 Å². The van der Waals surface area contributed by atoms with Crippen molar-refractivity contribution in [1.82, 2.24) is 20.3 Å². The van der Waals surface area contributed by atoms with Gasteiger partial charge < -0.3 is 5.32 Å². The molecule has 0 bridgehead atoms. The Kier molecular flexibility index (Phi) is 4.32. The van der Waals surface area contributed by atoms with E-state index in [1.807, 2.05) is 18.2 Å². The Morgan fingerprint density at radius 3 is 2.32 bits per heavy atom. The highest BCUT2D eigenvalue weighted by atomic mass is 15.5. The molecule has 1 heterocycles. The lowest BCUT2D eigenvalue weighted by molar-refractivity contribution is 0.460. The van der Waals surface area contributed by atoms with Crippen LogP contribution >= 0.6 is 0 Å². The Morgan fingerprint density at radius 2 is 1.74 bits per heavy atom. The number of hydrogen-bond acceptors (Lipinski definition) is 3. The summed E-state index contributed by atoms with van der Waals surface area (Å²) < 4.78 is 0. The molecule has 4 nitrogen and oxygen atoms in total. The molecule has 0 amide bonds. The van der Waals surface area contributed by atoms with Crippen molar-refractivity contribution in [2.75, 3.05) is 0 Å². The first-order valence-electron chi connectivity index (χ1n) is 6.82.